The van der Waals surface area contributed by atoms with Gasteiger partial charge in [-0.25, -0.2) is 9.78 Å². The number of aromatic amines is 1. The van der Waals surface area contributed by atoms with Gasteiger partial charge in [-0.1, -0.05) is 36.4 Å². The lowest BCUT2D eigenvalue weighted by Gasteiger charge is -2.32. The standard InChI is InChI=1S/C23H23F3N6O/c1-22(2)19-15(20(31-30-19)29-18-10-6-9-17(28-18)23(24,25)26)12-32(22)21(33)27-16-11-14(16)13-7-4-3-5-8-13/h3-10,14,16H,11-12H2,1-2H3,(H,27,33)(H2,28,29,30,31). The number of nitrogens with one attached hydrogen (secondary N) is 3. The fourth-order valence-corrected chi connectivity index (χ4v) is 4.39. The molecule has 1 aliphatic heterocycles. The molecule has 5 rings (SSSR count). The quantitative estimate of drug-likeness (QED) is 0.522. The zero-order valence-corrected chi connectivity index (χ0v) is 18.1. The largest absolute Gasteiger partial charge is 0.433 e. The highest BCUT2D eigenvalue weighted by Gasteiger charge is 2.46. The molecule has 172 valence electrons. The van der Waals surface area contributed by atoms with Crippen molar-refractivity contribution >= 4 is 17.7 Å². The molecule has 0 radical (unpaired) electrons. The Morgan fingerprint density at radius 1 is 1.15 bits per heavy atom. The fourth-order valence-electron chi connectivity index (χ4n) is 4.39. The van der Waals surface area contributed by atoms with Crippen LogP contribution in [0.3, 0.4) is 0 Å². The highest BCUT2D eigenvalue weighted by molar-refractivity contribution is 5.78. The first-order chi connectivity index (χ1) is 15.6. The third kappa shape index (κ3) is 3.90. The lowest BCUT2D eigenvalue weighted by molar-refractivity contribution is -0.141. The summed E-state index contributed by atoms with van der Waals surface area (Å²) >= 11 is 0. The maximum atomic E-state index is 13.1. The van der Waals surface area contributed by atoms with Gasteiger partial charge >= 0.3 is 12.2 Å². The number of carbonyl (C=O) groups excluding carboxylic acids is 1. The summed E-state index contributed by atoms with van der Waals surface area (Å²) in [6.07, 6.45) is -3.65. The molecular formula is C23H23F3N6O. The molecule has 33 heavy (non-hydrogen) atoms. The van der Waals surface area contributed by atoms with Crippen molar-refractivity contribution in [2.24, 2.45) is 0 Å². The topological polar surface area (TPSA) is 85.9 Å². The smallest absolute Gasteiger partial charge is 0.335 e. The van der Waals surface area contributed by atoms with Crippen LogP contribution < -0.4 is 10.6 Å². The Hall–Kier alpha value is -3.56. The van der Waals surface area contributed by atoms with Crippen LogP contribution in [0.4, 0.5) is 29.6 Å². The van der Waals surface area contributed by atoms with E-state index >= 15 is 0 Å². The molecule has 2 atom stereocenters. The Morgan fingerprint density at radius 2 is 1.91 bits per heavy atom. The Morgan fingerprint density at radius 3 is 2.64 bits per heavy atom. The van der Waals surface area contributed by atoms with E-state index in [2.05, 4.69) is 37.9 Å². The van der Waals surface area contributed by atoms with E-state index in [1.807, 2.05) is 32.0 Å². The average molecular weight is 456 g/mol. The molecule has 1 aromatic carbocycles. The van der Waals surface area contributed by atoms with Crippen LogP contribution >= 0.6 is 0 Å². The number of anilines is 2. The number of urea groups is 1. The van der Waals surface area contributed by atoms with E-state index in [0.717, 1.165) is 23.7 Å². The van der Waals surface area contributed by atoms with E-state index in [1.165, 1.54) is 17.7 Å². The SMILES string of the molecule is CC1(C)c2[nH]nc(Nc3cccc(C(F)(F)F)n3)c2CN1C(=O)NC1CC1c1ccccc1. The van der Waals surface area contributed by atoms with Crippen molar-refractivity contribution in [3.8, 4) is 0 Å². The second-order valence-corrected chi connectivity index (χ2v) is 8.91. The van der Waals surface area contributed by atoms with E-state index < -0.39 is 17.4 Å². The van der Waals surface area contributed by atoms with Gasteiger partial charge in [0, 0.05) is 17.5 Å². The molecule has 1 fully saturated rings. The summed E-state index contributed by atoms with van der Waals surface area (Å²) < 4.78 is 39.0. The summed E-state index contributed by atoms with van der Waals surface area (Å²) in [6.45, 7) is 4.09. The molecule has 0 spiro atoms. The van der Waals surface area contributed by atoms with Crippen molar-refractivity contribution in [3.63, 3.8) is 0 Å². The minimum Gasteiger partial charge on any atom is -0.335 e. The van der Waals surface area contributed by atoms with Crippen LogP contribution in [0.2, 0.25) is 0 Å². The molecule has 0 saturated heterocycles. The lowest BCUT2D eigenvalue weighted by Crippen LogP contribution is -2.47. The van der Waals surface area contributed by atoms with Crippen LogP contribution in [-0.2, 0) is 18.3 Å². The maximum Gasteiger partial charge on any atom is 0.433 e. The number of amides is 2. The number of H-pyrrole nitrogens is 1. The van der Waals surface area contributed by atoms with E-state index in [9.17, 15) is 18.0 Å². The number of alkyl halides is 3. The molecule has 0 bridgehead atoms. The number of carbonyl (C=O) groups is 1. The maximum absolute atomic E-state index is 13.1. The number of pyridine rings is 1. The fraction of sp³-hybridized carbons (Fsp3) is 0.348. The third-order valence-corrected chi connectivity index (χ3v) is 6.33. The molecule has 2 aliphatic rings. The summed E-state index contributed by atoms with van der Waals surface area (Å²) in [5.74, 6) is 0.696. The number of aromatic nitrogens is 3. The van der Waals surface area contributed by atoms with Gasteiger partial charge < -0.3 is 15.5 Å². The first-order valence-corrected chi connectivity index (χ1v) is 10.7. The zero-order chi connectivity index (χ0) is 23.4. The second kappa shape index (κ2) is 7.50. The van der Waals surface area contributed by atoms with Crippen LogP contribution in [-0.4, -0.2) is 32.2 Å². The number of benzene rings is 1. The van der Waals surface area contributed by atoms with Crippen LogP contribution in [0.15, 0.2) is 48.5 Å². The Balaban J connectivity index is 1.30. The van der Waals surface area contributed by atoms with Crippen molar-refractivity contribution in [1.29, 1.82) is 0 Å². The Kier molecular flexibility index (Phi) is 4.84. The molecule has 2 unspecified atom stereocenters. The lowest BCUT2D eigenvalue weighted by atomic mass is 10.0. The minimum atomic E-state index is -4.54. The Bertz CT molecular complexity index is 1190. The highest BCUT2D eigenvalue weighted by atomic mass is 19.4. The molecule has 3 heterocycles. The highest BCUT2D eigenvalue weighted by Crippen LogP contribution is 2.43. The molecule has 2 amide bonds. The molecule has 1 saturated carbocycles. The van der Waals surface area contributed by atoms with Gasteiger partial charge in [-0.05, 0) is 38.0 Å². The summed E-state index contributed by atoms with van der Waals surface area (Å²) in [4.78, 5) is 18.4. The summed E-state index contributed by atoms with van der Waals surface area (Å²) in [5.41, 5.74) is 1.02. The number of hydrogen-bond donors (Lipinski definition) is 3. The van der Waals surface area contributed by atoms with Gasteiger partial charge in [0.05, 0.1) is 17.8 Å². The number of nitrogens with zero attached hydrogens (tertiary/aromatic N) is 3. The van der Waals surface area contributed by atoms with Crippen LogP contribution in [0.25, 0.3) is 0 Å². The van der Waals surface area contributed by atoms with Crippen molar-refractivity contribution in [1.82, 2.24) is 25.4 Å². The normalized spacial score (nSPS) is 20.9. The summed E-state index contributed by atoms with van der Waals surface area (Å²) in [6, 6.07) is 13.6. The molecular weight excluding hydrogens is 433 g/mol. The first-order valence-electron chi connectivity index (χ1n) is 10.7. The number of fused-ring (bicyclic) bond motifs is 1. The molecule has 1 aliphatic carbocycles. The minimum absolute atomic E-state index is 0.0310. The van der Waals surface area contributed by atoms with Gasteiger partial charge in [-0.2, -0.15) is 18.3 Å². The Labute approximate surface area is 188 Å². The average Bonchev–Trinajstić information content (AvgIpc) is 3.33. The van der Waals surface area contributed by atoms with Crippen molar-refractivity contribution in [3.05, 3.63) is 71.0 Å². The molecule has 7 nitrogen and oxygen atoms in total. The van der Waals surface area contributed by atoms with Gasteiger partial charge in [0.1, 0.15) is 11.5 Å². The van der Waals surface area contributed by atoms with Gasteiger partial charge in [-0.3, -0.25) is 5.10 Å². The van der Waals surface area contributed by atoms with E-state index in [-0.39, 0.29) is 24.4 Å². The number of halogens is 3. The molecule has 3 aromatic rings. The second-order valence-electron chi connectivity index (χ2n) is 8.91. The third-order valence-electron chi connectivity index (χ3n) is 6.33. The predicted molar refractivity (Wildman–Crippen MR) is 116 cm³/mol. The van der Waals surface area contributed by atoms with E-state index in [1.54, 1.807) is 4.90 Å². The van der Waals surface area contributed by atoms with Gasteiger partial charge in [0.2, 0.25) is 0 Å². The first kappa shape index (κ1) is 21.3. The van der Waals surface area contributed by atoms with Crippen LogP contribution in [0.5, 0.6) is 0 Å². The summed E-state index contributed by atoms with van der Waals surface area (Å²) in [7, 11) is 0. The van der Waals surface area contributed by atoms with Gasteiger partial charge in [-0.15, -0.1) is 0 Å². The number of hydrogen-bond acceptors (Lipinski definition) is 4. The zero-order valence-electron chi connectivity index (χ0n) is 18.1. The monoisotopic (exact) mass is 456 g/mol. The van der Waals surface area contributed by atoms with E-state index in [0.29, 0.717) is 11.7 Å². The molecule has 10 heteroatoms. The van der Waals surface area contributed by atoms with Crippen molar-refractivity contribution in [2.75, 3.05) is 5.32 Å². The molecule has 2 aromatic heterocycles. The predicted octanol–water partition coefficient (Wildman–Crippen LogP) is 4.88. The number of rotatable bonds is 4. The van der Waals surface area contributed by atoms with Gasteiger partial charge in [0.15, 0.2) is 5.82 Å². The summed E-state index contributed by atoms with van der Waals surface area (Å²) in [5, 5.41) is 13.1. The van der Waals surface area contributed by atoms with Crippen LogP contribution in [0, 0.1) is 0 Å². The van der Waals surface area contributed by atoms with Crippen molar-refractivity contribution in [2.45, 2.75) is 50.5 Å². The van der Waals surface area contributed by atoms with Crippen molar-refractivity contribution < 1.29 is 18.0 Å². The van der Waals surface area contributed by atoms with Gasteiger partial charge in [0.25, 0.3) is 0 Å². The van der Waals surface area contributed by atoms with Crippen LogP contribution in [0.1, 0.15) is 48.7 Å². The van der Waals surface area contributed by atoms with E-state index in [4.69, 9.17) is 0 Å². The molecule has 3 N–H and O–H groups in total.